The fraction of sp³-hybridized carbons (Fsp3) is 1.00. The third kappa shape index (κ3) is 3.50. The predicted molar refractivity (Wildman–Crippen MR) is 63.3 cm³/mol. The van der Waals surface area contributed by atoms with Crippen molar-refractivity contribution in [3.8, 4) is 0 Å². The molecule has 0 bridgehead atoms. The van der Waals surface area contributed by atoms with Gasteiger partial charge in [0.1, 0.15) is 11.8 Å². The van der Waals surface area contributed by atoms with Gasteiger partial charge in [-0.15, -0.1) is 0 Å². The first-order valence-electron chi connectivity index (χ1n) is 5.88. The predicted octanol–water partition coefficient (Wildman–Crippen LogP) is 1.23. The molecule has 0 unspecified atom stereocenters. The molecule has 0 amide bonds. The minimum atomic E-state index is -4.51. The molecular formula is C10H22NO5P. The first-order chi connectivity index (χ1) is 7.71. The number of phosphoric acid groups is 1. The number of ether oxygens (including phenoxy) is 1. The van der Waals surface area contributed by atoms with Gasteiger partial charge < -0.3 is 14.5 Å². The lowest BCUT2D eigenvalue weighted by molar-refractivity contribution is -0.137. The molecule has 3 N–H and O–H groups in total. The highest BCUT2D eigenvalue weighted by atomic mass is 31.2. The van der Waals surface area contributed by atoms with Crippen molar-refractivity contribution in [2.75, 3.05) is 6.54 Å². The van der Waals surface area contributed by atoms with Gasteiger partial charge in [-0.3, -0.25) is 9.84 Å². The van der Waals surface area contributed by atoms with Gasteiger partial charge >= 0.3 is 7.82 Å². The zero-order valence-corrected chi connectivity index (χ0v) is 11.6. The molecule has 7 heteroatoms. The minimum Gasteiger partial charge on any atom is -0.355 e. The topological polar surface area (TPSA) is 88.0 Å². The molecule has 102 valence electrons. The Morgan fingerprint density at radius 2 is 2.18 bits per heavy atom. The van der Waals surface area contributed by atoms with Crippen LogP contribution in [-0.2, 0) is 13.8 Å². The maximum absolute atomic E-state index is 10.9. The Balaban J connectivity index is 2.88. The van der Waals surface area contributed by atoms with Crippen molar-refractivity contribution in [2.45, 2.75) is 52.0 Å². The largest absolute Gasteiger partial charge is 0.469 e. The molecule has 1 rings (SSSR count). The Morgan fingerprint density at radius 1 is 1.59 bits per heavy atom. The molecule has 1 fully saturated rings. The summed E-state index contributed by atoms with van der Waals surface area (Å²) in [7, 11) is -4.51. The second-order valence-corrected chi connectivity index (χ2v) is 5.82. The standard InChI is InChI=1S/C10H22NO5P/c1-5-11-10(7(2)6-8(3)15-10)9(4)16-17(12,13)14/h7-9,11H,5-6H2,1-4H3,(H2,12,13,14)/t7-,8-,9+,10-/m0/s1. The van der Waals surface area contributed by atoms with Crippen molar-refractivity contribution in [3.05, 3.63) is 0 Å². The fourth-order valence-electron chi connectivity index (χ4n) is 2.59. The second-order valence-electron chi connectivity index (χ2n) is 4.63. The van der Waals surface area contributed by atoms with Crippen LogP contribution in [0.15, 0.2) is 0 Å². The van der Waals surface area contributed by atoms with E-state index in [1.165, 1.54) is 0 Å². The molecule has 0 aromatic heterocycles. The molecule has 0 aromatic rings. The Hall–Kier alpha value is 0.0300. The fourth-order valence-corrected chi connectivity index (χ4v) is 3.16. The molecule has 1 saturated heterocycles. The average Bonchev–Trinajstić information content (AvgIpc) is 2.40. The maximum atomic E-state index is 10.9. The van der Waals surface area contributed by atoms with E-state index in [2.05, 4.69) is 5.32 Å². The molecule has 4 atom stereocenters. The Bertz CT molecular complexity index is 307. The van der Waals surface area contributed by atoms with E-state index in [0.717, 1.165) is 6.42 Å². The molecule has 1 aliphatic heterocycles. The monoisotopic (exact) mass is 267 g/mol. The van der Waals surface area contributed by atoms with Crippen LogP contribution in [0.1, 0.15) is 34.1 Å². The number of likely N-dealkylation sites (N-methyl/N-ethyl adjacent to an activating group) is 1. The molecule has 0 saturated carbocycles. The lowest BCUT2D eigenvalue weighted by Crippen LogP contribution is -2.57. The summed E-state index contributed by atoms with van der Waals surface area (Å²) >= 11 is 0. The van der Waals surface area contributed by atoms with Crippen LogP contribution in [-0.4, -0.2) is 34.3 Å². The van der Waals surface area contributed by atoms with E-state index in [1.54, 1.807) is 6.92 Å². The highest BCUT2D eigenvalue weighted by molar-refractivity contribution is 7.46. The van der Waals surface area contributed by atoms with Gasteiger partial charge in [-0.1, -0.05) is 13.8 Å². The van der Waals surface area contributed by atoms with Gasteiger partial charge in [-0.2, -0.15) is 0 Å². The summed E-state index contributed by atoms with van der Waals surface area (Å²) < 4.78 is 21.5. The molecule has 6 nitrogen and oxygen atoms in total. The highest BCUT2D eigenvalue weighted by Crippen LogP contribution is 2.45. The number of hydrogen-bond donors (Lipinski definition) is 3. The summed E-state index contributed by atoms with van der Waals surface area (Å²) in [6, 6.07) is 0. The quantitative estimate of drug-likeness (QED) is 0.649. The molecular weight excluding hydrogens is 245 g/mol. The summed E-state index contributed by atoms with van der Waals surface area (Å²) in [5.41, 5.74) is -0.824. The first kappa shape index (κ1) is 15.1. The van der Waals surface area contributed by atoms with E-state index in [1.807, 2.05) is 20.8 Å². The van der Waals surface area contributed by atoms with Crippen LogP contribution in [0.3, 0.4) is 0 Å². The molecule has 0 aliphatic carbocycles. The maximum Gasteiger partial charge on any atom is 0.469 e. The van der Waals surface area contributed by atoms with E-state index >= 15 is 0 Å². The Labute approximate surface area is 102 Å². The first-order valence-corrected chi connectivity index (χ1v) is 7.41. The van der Waals surface area contributed by atoms with Crippen LogP contribution in [0.2, 0.25) is 0 Å². The van der Waals surface area contributed by atoms with Crippen molar-refractivity contribution in [1.29, 1.82) is 0 Å². The molecule has 0 radical (unpaired) electrons. The number of rotatable bonds is 5. The normalized spacial score (nSPS) is 36.1. The summed E-state index contributed by atoms with van der Waals surface area (Å²) in [6.45, 7) is 8.12. The van der Waals surface area contributed by atoms with Gasteiger partial charge in [-0.05, 0) is 26.8 Å². The zero-order chi connectivity index (χ0) is 13.3. The zero-order valence-electron chi connectivity index (χ0n) is 10.7. The van der Waals surface area contributed by atoms with Crippen molar-refractivity contribution < 1.29 is 23.6 Å². The van der Waals surface area contributed by atoms with Crippen LogP contribution in [0.4, 0.5) is 0 Å². The van der Waals surface area contributed by atoms with E-state index < -0.39 is 19.7 Å². The average molecular weight is 267 g/mol. The number of nitrogens with one attached hydrogen (secondary N) is 1. The highest BCUT2D eigenvalue weighted by Gasteiger charge is 2.50. The second kappa shape index (κ2) is 5.34. The van der Waals surface area contributed by atoms with E-state index in [0.29, 0.717) is 6.54 Å². The summed E-state index contributed by atoms with van der Waals surface area (Å²) in [4.78, 5) is 17.8. The lowest BCUT2D eigenvalue weighted by Gasteiger charge is -2.38. The van der Waals surface area contributed by atoms with Crippen LogP contribution in [0.5, 0.6) is 0 Å². The third-order valence-corrected chi connectivity index (χ3v) is 3.76. The molecule has 0 aromatic carbocycles. The molecule has 17 heavy (non-hydrogen) atoms. The summed E-state index contributed by atoms with van der Waals surface area (Å²) in [5, 5.41) is 3.17. The van der Waals surface area contributed by atoms with Gasteiger partial charge in [0.2, 0.25) is 0 Å². The smallest absolute Gasteiger partial charge is 0.355 e. The van der Waals surface area contributed by atoms with Gasteiger partial charge in [-0.25, -0.2) is 4.57 Å². The van der Waals surface area contributed by atoms with Gasteiger partial charge in [0.15, 0.2) is 0 Å². The van der Waals surface area contributed by atoms with Crippen molar-refractivity contribution in [2.24, 2.45) is 5.92 Å². The van der Waals surface area contributed by atoms with Crippen LogP contribution in [0, 0.1) is 5.92 Å². The van der Waals surface area contributed by atoms with Crippen LogP contribution >= 0.6 is 7.82 Å². The van der Waals surface area contributed by atoms with Crippen LogP contribution < -0.4 is 5.32 Å². The third-order valence-electron chi connectivity index (χ3n) is 3.17. The Kier molecular flexibility index (Phi) is 4.74. The lowest BCUT2D eigenvalue weighted by atomic mass is 9.92. The minimum absolute atomic E-state index is 0.0480. The Morgan fingerprint density at radius 3 is 2.53 bits per heavy atom. The summed E-state index contributed by atoms with van der Waals surface area (Å²) in [6.07, 6.45) is 0.164. The molecule has 1 heterocycles. The molecule has 0 spiro atoms. The van der Waals surface area contributed by atoms with E-state index in [4.69, 9.17) is 19.0 Å². The van der Waals surface area contributed by atoms with Gasteiger partial charge in [0.05, 0.1) is 6.10 Å². The summed E-state index contributed by atoms with van der Waals surface area (Å²) in [5.74, 6) is 0.124. The van der Waals surface area contributed by atoms with Crippen molar-refractivity contribution >= 4 is 7.82 Å². The SMILES string of the molecule is CCN[C@]1([C@@H](C)OP(=O)(O)O)O[C@@H](C)C[C@@H]1C. The van der Waals surface area contributed by atoms with Crippen molar-refractivity contribution in [3.63, 3.8) is 0 Å². The number of hydrogen-bond acceptors (Lipinski definition) is 4. The molecule has 1 aliphatic rings. The van der Waals surface area contributed by atoms with Gasteiger partial charge in [0, 0.05) is 5.92 Å². The number of phosphoric ester groups is 1. The van der Waals surface area contributed by atoms with Crippen LogP contribution in [0.25, 0.3) is 0 Å². The van der Waals surface area contributed by atoms with E-state index in [-0.39, 0.29) is 12.0 Å². The van der Waals surface area contributed by atoms with Crippen molar-refractivity contribution in [1.82, 2.24) is 5.32 Å². The van der Waals surface area contributed by atoms with Gasteiger partial charge in [0.25, 0.3) is 0 Å². The van der Waals surface area contributed by atoms with E-state index in [9.17, 15) is 4.57 Å².